The maximum atomic E-state index is 13.9. The van der Waals surface area contributed by atoms with E-state index in [0.717, 1.165) is 25.7 Å². The first-order chi connectivity index (χ1) is 19.7. The Morgan fingerprint density at radius 3 is 2.52 bits per heavy atom. The van der Waals surface area contributed by atoms with Crippen LogP contribution < -0.4 is 10.6 Å². The molecule has 3 aliphatic carbocycles. The standard InChI is InChI=1S/C32H47BN4O5/c1-30(2,3)40-29(39)34-24(20-23-16-17-37(7)36-23)28(38)35-27(15-11-14-21-12-9-8-10-13-21)33-41-26-19-22-18-25(31(22,4)5)32(26,6)42-33/h8-10,12-13,16-17,22,24-27H,11,14-15,18-20H2,1-7H3,(H,34,39)(H,35,38)/t22-,24?,25-,26+,27-,32-/m0/s1. The number of hydrogen-bond donors (Lipinski definition) is 2. The average Bonchev–Trinajstić information content (AvgIpc) is 3.48. The fourth-order valence-electron chi connectivity index (χ4n) is 7.24. The molecule has 9 nitrogen and oxygen atoms in total. The molecule has 1 unspecified atom stereocenters. The van der Waals surface area contributed by atoms with Gasteiger partial charge < -0.3 is 24.7 Å². The molecule has 42 heavy (non-hydrogen) atoms. The monoisotopic (exact) mass is 578 g/mol. The molecular weight excluding hydrogens is 531 g/mol. The van der Waals surface area contributed by atoms with Gasteiger partial charge in [-0.2, -0.15) is 5.10 Å². The summed E-state index contributed by atoms with van der Waals surface area (Å²) < 4.78 is 20.6. The molecule has 2 heterocycles. The van der Waals surface area contributed by atoms with E-state index >= 15 is 0 Å². The molecule has 1 saturated heterocycles. The number of nitrogens with one attached hydrogen (secondary N) is 2. The highest BCUT2D eigenvalue weighted by Gasteiger charge is 2.68. The number of nitrogens with zero attached hydrogens (tertiary/aromatic N) is 2. The predicted molar refractivity (Wildman–Crippen MR) is 161 cm³/mol. The SMILES string of the molecule is Cn1ccc(CC(NC(=O)OC(C)(C)C)C(=O)N[C@@H](CCCc2ccccc2)B2O[C@@H]3C[C@@H]4C[C@@H](C4(C)C)[C@]3(C)O2)n1. The molecule has 1 aliphatic heterocycles. The minimum absolute atomic E-state index is 0.0111. The van der Waals surface area contributed by atoms with Crippen LogP contribution in [0, 0.1) is 17.3 Å². The van der Waals surface area contributed by atoms with E-state index in [1.807, 2.05) is 37.5 Å². The van der Waals surface area contributed by atoms with Crippen molar-refractivity contribution in [2.24, 2.45) is 24.3 Å². The Morgan fingerprint density at radius 2 is 1.88 bits per heavy atom. The molecule has 0 spiro atoms. The summed E-state index contributed by atoms with van der Waals surface area (Å²) in [4.78, 5) is 26.7. The molecule has 0 radical (unpaired) electrons. The second kappa shape index (κ2) is 11.7. The summed E-state index contributed by atoms with van der Waals surface area (Å²) in [5.74, 6) is 0.365. The van der Waals surface area contributed by atoms with Crippen LogP contribution in [-0.2, 0) is 38.7 Å². The van der Waals surface area contributed by atoms with Crippen LogP contribution in [0.15, 0.2) is 42.6 Å². The summed E-state index contributed by atoms with van der Waals surface area (Å²) in [6, 6.07) is 11.3. The van der Waals surface area contributed by atoms with Crippen molar-refractivity contribution in [1.29, 1.82) is 0 Å². The number of aryl methyl sites for hydroxylation is 2. The molecule has 2 aromatic rings. The molecule has 3 saturated carbocycles. The first kappa shape index (κ1) is 30.6. The number of rotatable bonds is 10. The Morgan fingerprint density at radius 1 is 1.14 bits per heavy atom. The van der Waals surface area contributed by atoms with E-state index in [2.05, 4.69) is 48.6 Å². The van der Waals surface area contributed by atoms with Gasteiger partial charge in [0.1, 0.15) is 11.6 Å². The van der Waals surface area contributed by atoms with E-state index in [1.165, 1.54) is 5.56 Å². The Labute approximate surface area is 250 Å². The molecule has 2 N–H and O–H groups in total. The fourth-order valence-corrected chi connectivity index (χ4v) is 7.24. The minimum atomic E-state index is -0.877. The highest BCUT2D eigenvalue weighted by atomic mass is 16.7. The van der Waals surface area contributed by atoms with Gasteiger partial charge in [0.2, 0.25) is 5.91 Å². The summed E-state index contributed by atoms with van der Waals surface area (Å²) in [6.45, 7) is 12.3. The number of alkyl carbamates (subject to hydrolysis) is 1. The summed E-state index contributed by atoms with van der Waals surface area (Å²) in [5.41, 5.74) is 1.09. The topological polar surface area (TPSA) is 104 Å². The highest BCUT2D eigenvalue weighted by Crippen LogP contribution is 2.65. The van der Waals surface area contributed by atoms with Gasteiger partial charge in [0.15, 0.2) is 0 Å². The van der Waals surface area contributed by atoms with Crippen molar-refractivity contribution in [3.05, 3.63) is 53.9 Å². The van der Waals surface area contributed by atoms with Gasteiger partial charge in [0, 0.05) is 19.7 Å². The zero-order chi connectivity index (χ0) is 30.3. The van der Waals surface area contributed by atoms with Crippen molar-refractivity contribution in [3.63, 3.8) is 0 Å². The van der Waals surface area contributed by atoms with Gasteiger partial charge in [0.05, 0.1) is 23.3 Å². The van der Waals surface area contributed by atoms with Crippen LogP contribution in [0.25, 0.3) is 0 Å². The number of amides is 2. The maximum absolute atomic E-state index is 13.9. The smallest absolute Gasteiger partial charge is 0.444 e. The fraction of sp³-hybridized carbons (Fsp3) is 0.656. The first-order valence-electron chi connectivity index (χ1n) is 15.4. The van der Waals surface area contributed by atoms with Crippen molar-refractivity contribution in [2.75, 3.05) is 0 Å². The molecule has 6 atom stereocenters. The lowest BCUT2D eigenvalue weighted by molar-refractivity contribution is -0.199. The van der Waals surface area contributed by atoms with E-state index < -0.39 is 24.9 Å². The highest BCUT2D eigenvalue weighted by molar-refractivity contribution is 6.47. The Kier molecular flexibility index (Phi) is 8.51. The lowest BCUT2D eigenvalue weighted by Gasteiger charge is -2.64. The van der Waals surface area contributed by atoms with Gasteiger partial charge in [-0.05, 0) is 88.7 Å². The number of carbonyl (C=O) groups is 2. The molecule has 1 aromatic carbocycles. The van der Waals surface area contributed by atoms with Gasteiger partial charge >= 0.3 is 13.2 Å². The van der Waals surface area contributed by atoms with E-state index in [0.29, 0.717) is 24.0 Å². The molecule has 2 bridgehead atoms. The predicted octanol–water partition coefficient (Wildman–Crippen LogP) is 4.63. The Hall–Kier alpha value is -2.85. The lowest BCUT2D eigenvalue weighted by atomic mass is 9.43. The van der Waals surface area contributed by atoms with Crippen LogP contribution in [-0.4, -0.2) is 58.2 Å². The zero-order valence-corrected chi connectivity index (χ0v) is 26.2. The van der Waals surface area contributed by atoms with Crippen molar-refractivity contribution in [1.82, 2.24) is 20.4 Å². The van der Waals surface area contributed by atoms with Gasteiger partial charge in [-0.25, -0.2) is 4.79 Å². The Balaban J connectivity index is 1.33. The van der Waals surface area contributed by atoms with E-state index in [-0.39, 0.29) is 35.4 Å². The summed E-state index contributed by atoms with van der Waals surface area (Å²) in [5, 5.41) is 10.4. The summed E-state index contributed by atoms with van der Waals surface area (Å²) in [6.07, 6.45) is 5.95. The molecule has 10 heteroatoms. The average molecular weight is 579 g/mol. The van der Waals surface area contributed by atoms with Crippen LogP contribution in [0.2, 0.25) is 0 Å². The van der Waals surface area contributed by atoms with Crippen molar-refractivity contribution >= 4 is 19.1 Å². The van der Waals surface area contributed by atoms with Crippen molar-refractivity contribution in [2.45, 2.75) is 109 Å². The number of ether oxygens (including phenoxy) is 1. The molecule has 2 amide bonds. The largest absolute Gasteiger partial charge is 0.481 e. The van der Waals surface area contributed by atoms with E-state index in [4.69, 9.17) is 14.0 Å². The number of aromatic nitrogens is 2. The molecule has 4 aliphatic rings. The third kappa shape index (κ3) is 6.54. The lowest BCUT2D eigenvalue weighted by Crippen LogP contribution is -2.65. The second-order valence-electron chi connectivity index (χ2n) is 14.2. The third-order valence-corrected chi connectivity index (χ3v) is 9.64. The van der Waals surface area contributed by atoms with Gasteiger partial charge in [-0.1, -0.05) is 44.2 Å². The van der Waals surface area contributed by atoms with Gasteiger partial charge in [-0.3, -0.25) is 9.48 Å². The van der Waals surface area contributed by atoms with Gasteiger partial charge in [-0.15, -0.1) is 0 Å². The first-order valence-corrected chi connectivity index (χ1v) is 15.4. The maximum Gasteiger partial charge on any atom is 0.481 e. The summed E-state index contributed by atoms with van der Waals surface area (Å²) in [7, 11) is 1.26. The normalized spacial score (nSPS) is 27.4. The van der Waals surface area contributed by atoms with Crippen molar-refractivity contribution in [3.8, 4) is 0 Å². The van der Waals surface area contributed by atoms with Crippen LogP contribution >= 0.6 is 0 Å². The molecule has 228 valence electrons. The van der Waals surface area contributed by atoms with E-state index in [1.54, 1.807) is 25.5 Å². The number of hydrogen-bond acceptors (Lipinski definition) is 6. The van der Waals surface area contributed by atoms with Crippen LogP contribution in [0.4, 0.5) is 4.79 Å². The molecule has 4 fully saturated rings. The van der Waals surface area contributed by atoms with Crippen molar-refractivity contribution < 1.29 is 23.6 Å². The third-order valence-electron chi connectivity index (χ3n) is 9.64. The Bertz CT molecular complexity index is 1260. The number of benzene rings is 1. The zero-order valence-electron chi connectivity index (χ0n) is 26.2. The molecular formula is C32H47BN4O5. The minimum Gasteiger partial charge on any atom is -0.444 e. The van der Waals surface area contributed by atoms with Crippen LogP contribution in [0.1, 0.15) is 78.5 Å². The van der Waals surface area contributed by atoms with E-state index in [9.17, 15) is 9.59 Å². The quantitative estimate of drug-likeness (QED) is 0.399. The molecule has 1 aromatic heterocycles. The van der Waals surface area contributed by atoms with Crippen LogP contribution in [0.5, 0.6) is 0 Å². The number of carbonyl (C=O) groups excluding carboxylic acids is 2. The van der Waals surface area contributed by atoms with Crippen LogP contribution in [0.3, 0.4) is 0 Å². The summed E-state index contributed by atoms with van der Waals surface area (Å²) >= 11 is 0. The van der Waals surface area contributed by atoms with Gasteiger partial charge in [0.25, 0.3) is 0 Å². The second-order valence-corrected chi connectivity index (χ2v) is 14.2. The molecule has 6 rings (SSSR count).